The topological polar surface area (TPSA) is 34.4 Å². The number of carbonyl (C=O) groups is 1. The smallest absolute Gasteiger partial charge is 0.194 e. The van der Waals surface area contributed by atoms with Gasteiger partial charge in [0.05, 0.1) is 6.20 Å². The van der Waals surface area contributed by atoms with Gasteiger partial charge in [-0.25, -0.2) is 4.98 Å². The third-order valence-electron chi connectivity index (χ3n) is 2.63. The van der Waals surface area contributed by atoms with Crippen molar-refractivity contribution in [2.45, 2.75) is 6.42 Å². The number of hydrogen-bond acceptors (Lipinski definition) is 3. The van der Waals surface area contributed by atoms with Crippen LogP contribution in [0.25, 0.3) is 4.96 Å². The molecule has 3 nitrogen and oxygen atoms in total. The summed E-state index contributed by atoms with van der Waals surface area (Å²) in [4.78, 5) is 17.1. The molecule has 0 atom stereocenters. The van der Waals surface area contributed by atoms with Crippen LogP contribution in [0.4, 0.5) is 0 Å². The molecular weight excluding hydrogens is 232 g/mol. The fraction of sp³-hybridized carbons (Fsp3) is 0.0769. The summed E-state index contributed by atoms with van der Waals surface area (Å²) in [7, 11) is 0. The molecule has 0 unspecified atom stereocenters. The number of nitrogens with zero attached hydrogens (tertiary/aromatic N) is 2. The molecule has 0 radical (unpaired) electrons. The van der Waals surface area contributed by atoms with Crippen LogP contribution in [0.2, 0.25) is 0 Å². The van der Waals surface area contributed by atoms with Crippen molar-refractivity contribution in [2.24, 2.45) is 0 Å². The Balaban J connectivity index is 1.96. The summed E-state index contributed by atoms with van der Waals surface area (Å²) < 4.78 is 1.84. The van der Waals surface area contributed by atoms with Crippen LogP contribution in [-0.2, 0) is 6.42 Å². The predicted molar refractivity (Wildman–Crippen MR) is 67.7 cm³/mol. The minimum Gasteiger partial charge on any atom is -0.296 e. The molecule has 84 valence electrons. The first-order chi connectivity index (χ1) is 8.36. The lowest BCUT2D eigenvalue weighted by molar-refractivity contribution is 0.111. The monoisotopic (exact) mass is 242 g/mol. The van der Waals surface area contributed by atoms with E-state index in [0.29, 0.717) is 5.69 Å². The zero-order chi connectivity index (χ0) is 11.7. The SMILES string of the molecule is O=Cc1cnc2sc(Cc3ccccc3)cn12. The lowest BCUT2D eigenvalue weighted by Crippen LogP contribution is -1.87. The van der Waals surface area contributed by atoms with Gasteiger partial charge in [0.15, 0.2) is 11.2 Å². The highest BCUT2D eigenvalue weighted by molar-refractivity contribution is 7.17. The van der Waals surface area contributed by atoms with Gasteiger partial charge in [-0.15, -0.1) is 11.3 Å². The van der Waals surface area contributed by atoms with Crippen molar-refractivity contribution in [3.63, 3.8) is 0 Å². The van der Waals surface area contributed by atoms with Crippen LogP contribution in [0.15, 0.2) is 42.7 Å². The van der Waals surface area contributed by atoms with E-state index in [1.165, 1.54) is 10.4 Å². The van der Waals surface area contributed by atoms with Gasteiger partial charge in [-0.2, -0.15) is 0 Å². The molecule has 3 aromatic rings. The third kappa shape index (κ3) is 1.87. The Hall–Kier alpha value is -1.94. The summed E-state index contributed by atoms with van der Waals surface area (Å²) in [6.07, 6.45) is 5.31. The van der Waals surface area contributed by atoms with Gasteiger partial charge in [0, 0.05) is 17.5 Å². The molecule has 0 aliphatic rings. The predicted octanol–water partition coefficient (Wildman–Crippen LogP) is 2.80. The molecule has 0 spiro atoms. The van der Waals surface area contributed by atoms with Gasteiger partial charge < -0.3 is 0 Å². The molecule has 2 heterocycles. The summed E-state index contributed by atoms with van der Waals surface area (Å²) in [6.45, 7) is 0. The fourth-order valence-corrected chi connectivity index (χ4v) is 2.81. The molecule has 0 amide bonds. The lowest BCUT2D eigenvalue weighted by Gasteiger charge is -1.96. The standard InChI is InChI=1S/C13H10N2OS/c16-9-11-7-14-13-15(11)8-12(17-13)6-10-4-2-1-3-5-10/h1-5,7-9H,6H2. The average molecular weight is 242 g/mol. The van der Waals surface area contributed by atoms with Crippen LogP contribution >= 0.6 is 11.3 Å². The molecule has 1 aromatic carbocycles. The van der Waals surface area contributed by atoms with Crippen LogP contribution in [0.1, 0.15) is 20.9 Å². The summed E-state index contributed by atoms with van der Waals surface area (Å²) in [5, 5.41) is 0. The number of carbonyl (C=O) groups excluding carboxylic acids is 1. The maximum Gasteiger partial charge on any atom is 0.194 e. The highest BCUT2D eigenvalue weighted by atomic mass is 32.1. The number of fused-ring (bicyclic) bond motifs is 1. The van der Waals surface area contributed by atoms with Crippen LogP contribution in [0.3, 0.4) is 0 Å². The second kappa shape index (κ2) is 4.14. The van der Waals surface area contributed by atoms with Crippen molar-refractivity contribution >= 4 is 22.6 Å². The Bertz CT molecular complexity index is 654. The molecule has 0 bridgehead atoms. The number of imidazole rings is 1. The highest BCUT2D eigenvalue weighted by Crippen LogP contribution is 2.21. The van der Waals surface area contributed by atoms with E-state index in [1.807, 2.05) is 28.8 Å². The average Bonchev–Trinajstić information content (AvgIpc) is 2.89. The molecule has 4 heteroatoms. The second-order valence-electron chi connectivity index (χ2n) is 3.81. The summed E-state index contributed by atoms with van der Waals surface area (Å²) in [5.41, 5.74) is 1.88. The van der Waals surface area contributed by atoms with Crippen LogP contribution in [0.5, 0.6) is 0 Å². The molecule has 17 heavy (non-hydrogen) atoms. The quantitative estimate of drug-likeness (QED) is 0.662. The molecule has 0 saturated heterocycles. The maximum absolute atomic E-state index is 10.8. The van der Waals surface area contributed by atoms with Crippen molar-refractivity contribution in [1.82, 2.24) is 9.38 Å². The summed E-state index contributed by atoms with van der Waals surface area (Å²) >= 11 is 1.62. The van der Waals surface area contributed by atoms with E-state index >= 15 is 0 Å². The Morgan fingerprint density at radius 3 is 2.88 bits per heavy atom. The first kappa shape index (κ1) is 10.2. The van der Waals surface area contributed by atoms with Crippen molar-refractivity contribution in [2.75, 3.05) is 0 Å². The van der Waals surface area contributed by atoms with Crippen LogP contribution in [0, 0.1) is 0 Å². The fourth-order valence-electron chi connectivity index (χ4n) is 1.82. The lowest BCUT2D eigenvalue weighted by atomic mass is 10.1. The molecule has 0 N–H and O–H groups in total. The van der Waals surface area contributed by atoms with E-state index < -0.39 is 0 Å². The van der Waals surface area contributed by atoms with Gasteiger partial charge in [-0.3, -0.25) is 9.20 Å². The molecule has 3 rings (SSSR count). The number of thiazole rings is 1. The zero-order valence-corrected chi connectivity index (χ0v) is 9.85. The van der Waals surface area contributed by atoms with E-state index in [9.17, 15) is 4.79 Å². The Labute approximate surface area is 102 Å². The normalized spacial score (nSPS) is 10.8. The molecule has 0 aliphatic heterocycles. The van der Waals surface area contributed by atoms with Crippen LogP contribution in [-0.4, -0.2) is 15.7 Å². The Morgan fingerprint density at radius 2 is 2.12 bits per heavy atom. The first-order valence-corrected chi connectivity index (χ1v) is 6.13. The van der Waals surface area contributed by atoms with E-state index in [1.54, 1.807) is 17.5 Å². The largest absolute Gasteiger partial charge is 0.296 e. The van der Waals surface area contributed by atoms with Crippen molar-refractivity contribution in [3.8, 4) is 0 Å². The minimum atomic E-state index is 0.607. The summed E-state index contributed by atoms with van der Waals surface area (Å²) in [6, 6.07) is 10.3. The van der Waals surface area contributed by atoms with E-state index in [0.717, 1.165) is 17.7 Å². The van der Waals surface area contributed by atoms with Gasteiger partial charge >= 0.3 is 0 Å². The van der Waals surface area contributed by atoms with E-state index in [4.69, 9.17) is 0 Å². The summed E-state index contributed by atoms with van der Waals surface area (Å²) in [5.74, 6) is 0. The van der Waals surface area contributed by atoms with Gasteiger partial charge in [0.1, 0.15) is 5.69 Å². The first-order valence-electron chi connectivity index (χ1n) is 5.31. The van der Waals surface area contributed by atoms with E-state index in [-0.39, 0.29) is 0 Å². The number of aldehydes is 1. The Kier molecular flexibility index (Phi) is 2.49. The van der Waals surface area contributed by atoms with Gasteiger partial charge in [0.25, 0.3) is 0 Å². The number of rotatable bonds is 3. The van der Waals surface area contributed by atoms with Crippen LogP contribution < -0.4 is 0 Å². The molecular formula is C13H10N2OS. The molecule has 0 aliphatic carbocycles. The highest BCUT2D eigenvalue weighted by Gasteiger charge is 2.07. The Morgan fingerprint density at radius 1 is 1.29 bits per heavy atom. The number of hydrogen-bond donors (Lipinski definition) is 0. The zero-order valence-electron chi connectivity index (χ0n) is 9.04. The molecule has 2 aromatic heterocycles. The van der Waals surface area contributed by atoms with Crippen molar-refractivity contribution in [3.05, 3.63) is 58.9 Å². The van der Waals surface area contributed by atoms with Gasteiger partial charge in [-0.1, -0.05) is 30.3 Å². The molecule has 0 saturated carbocycles. The van der Waals surface area contributed by atoms with Crippen molar-refractivity contribution in [1.29, 1.82) is 0 Å². The maximum atomic E-state index is 10.8. The van der Waals surface area contributed by atoms with Gasteiger partial charge in [0.2, 0.25) is 0 Å². The second-order valence-corrected chi connectivity index (χ2v) is 4.91. The minimum absolute atomic E-state index is 0.607. The number of aromatic nitrogens is 2. The number of benzene rings is 1. The molecule has 0 fully saturated rings. The van der Waals surface area contributed by atoms with Gasteiger partial charge in [-0.05, 0) is 5.56 Å². The van der Waals surface area contributed by atoms with E-state index in [2.05, 4.69) is 17.1 Å². The third-order valence-corrected chi connectivity index (χ3v) is 3.63. The van der Waals surface area contributed by atoms with Crippen molar-refractivity contribution < 1.29 is 4.79 Å².